The van der Waals surface area contributed by atoms with E-state index in [2.05, 4.69) is 4.98 Å². The third-order valence-corrected chi connectivity index (χ3v) is 4.45. The summed E-state index contributed by atoms with van der Waals surface area (Å²) < 4.78 is 6.36. The first-order chi connectivity index (χ1) is 12.8. The van der Waals surface area contributed by atoms with E-state index in [1.807, 2.05) is 26.8 Å². The van der Waals surface area contributed by atoms with Crippen LogP contribution >= 0.6 is 0 Å². The number of aromatic nitrogens is 2. The number of nitrogens with two attached hydrogens (primary N) is 1. The molecular formula is C19H26N4O4. The molecule has 0 saturated carbocycles. The van der Waals surface area contributed by atoms with Gasteiger partial charge in [-0.25, -0.2) is 4.79 Å². The molecule has 1 heterocycles. The van der Waals surface area contributed by atoms with E-state index >= 15 is 0 Å². The molecule has 0 spiro atoms. The highest BCUT2D eigenvalue weighted by Crippen LogP contribution is 2.20. The number of nitrogens with zero attached hydrogens (tertiary/aromatic N) is 2. The third kappa shape index (κ3) is 4.28. The normalized spacial score (nSPS) is 10.8. The van der Waals surface area contributed by atoms with Gasteiger partial charge in [-0.1, -0.05) is 13.0 Å². The number of anilines is 2. The minimum Gasteiger partial charge on any atom is -0.383 e. The second-order valence-corrected chi connectivity index (χ2v) is 6.39. The zero-order valence-electron chi connectivity index (χ0n) is 16.2. The van der Waals surface area contributed by atoms with Crippen molar-refractivity contribution in [3.63, 3.8) is 0 Å². The molecule has 0 fully saturated rings. The maximum Gasteiger partial charge on any atom is 0.330 e. The van der Waals surface area contributed by atoms with Crippen molar-refractivity contribution in [3.05, 3.63) is 55.7 Å². The van der Waals surface area contributed by atoms with E-state index in [4.69, 9.17) is 10.5 Å². The van der Waals surface area contributed by atoms with Gasteiger partial charge >= 0.3 is 5.69 Å². The van der Waals surface area contributed by atoms with Crippen molar-refractivity contribution in [2.75, 3.05) is 30.9 Å². The van der Waals surface area contributed by atoms with Gasteiger partial charge in [-0.3, -0.25) is 24.0 Å². The number of methoxy groups -OCH3 is 1. The number of hydrogen-bond acceptors (Lipinski definition) is 5. The smallest absolute Gasteiger partial charge is 0.330 e. The Bertz CT molecular complexity index is 946. The zero-order valence-corrected chi connectivity index (χ0v) is 16.2. The number of nitrogen functional groups attached to an aromatic ring is 1. The summed E-state index contributed by atoms with van der Waals surface area (Å²) in [4.78, 5) is 41.2. The van der Waals surface area contributed by atoms with E-state index in [9.17, 15) is 14.4 Å². The largest absolute Gasteiger partial charge is 0.383 e. The molecule has 27 heavy (non-hydrogen) atoms. The van der Waals surface area contributed by atoms with Crippen molar-refractivity contribution >= 4 is 17.4 Å². The van der Waals surface area contributed by atoms with Gasteiger partial charge in [-0.15, -0.1) is 0 Å². The Morgan fingerprint density at radius 1 is 1.26 bits per heavy atom. The summed E-state index contributed by atoms with van der Waals surface area (Å²) in [7, 11) is 1.50. The quantitative estimate of drug-likeness (QED) is 0.762. The average Bonchev–Trinajstić information content (AvgIpc) is 2.63. The maximum absolute atomic E-state index is 13.1. The molecule has 1 aromatic heterocycles. The molecule has 0 atom stereocenters. The summed E-state index contributed by atoms with van der Waals surface area (Å²) in [5.41, 5.74) is 7.25. The Hall–Kier alpha value is -2.87. The summed E-state index contributed by atoms with van der Waals surface area (Å²) >= 11 is 0. The van der Waals surface area contributed by atoms with E-state index in [0.29, 0.717) is 18.5 Å². The Labute approximate surface area is 157 Å². The van der Waals surface area contributed by atoms with Crippen LogP contribution in [0.25, 0.3) is 0 Å². The molecule has 1 aromatic carbocycles. The number of ether oxygens (including phenoxy) is 1. The van der Waals surface area contributed by atoms with Crippen LogP contribution in [0.3, 0.4) is 0 Å². The van der Waals surface area contributed by atoms with Crippen molar-refractivity contribution in [3.8, 4) is 0 Å². The molecule has 0 unspecified atom stereocenters. The van der Waals surface area contributed by atoms with Crippen LogP contribution in [0, 0.1) is 13.8 Å². The van der Waals surface area contributed by atoms with Gasteiger partial charge in [0.2, 0.25) is 0 Å². The summed E-state index contributed by atoms with van der Waals surface area (Å²) in [5.74, 6) is -0.409. The predicted octanol–water partition coefficient (Wildman–Crippen LogP) is 1.44. The topological polar surface area (TPSA) is 110 Å². The molecule has 2 aromatic rings. The van der Waals surface area contributed by atoms with Crippen LogP contribution in [0.5, 0.6) is 0 Å². The molecule has 0 aliphatic rings. The first-order valence-electron chi connectivity index (χ1n) is 8.82. The molecule has 2 rings (SSSR count). The van der Waals surface area contributed by atoms with Crippen LogP contribution in [0.2, 0.25) is 0 Å². The Morgan fingerprint density at radius 3 is 2.56 bits per heavy atom. The lowest BCUT2D eigenvalue weighted by Crippen LogP contribution is -2.42. The minimum atomic E-state index is -0.696. The molecule has 146 valence electrons. The standard InChI is InChI=1S/C19H26N4O4/c1-5-8-23-16(20)15(17(24)21-19(23)26)22(9-10-27-4)18(25)14-7-6-12(2)13(3)11-14/h6-7,11H,5,8-10,20H2,1-4H3,(H,21,24,26). The number of H-pyrrole nitrogens is 1. The highest BCUT2D eigenvalue weighted by Gasteiger charge is 2.25. The lowest BCUT2D eigenvalue weighted by Gasteiger charge is -2.24. The Balaban J connectivity index is 2.61. The number of amides is 1. The zero-order chi connectivity index (χ0) is 20.1. The molecule has 0 aliphatic carbocycles. The lowest BCUT2D eigenvalue weighted by atomic mass is 10.1. The van der Waals surface area contributed by atoms with Crippen molar-refractivity contribution in [2.45, 2.75) is 33.7 Å². The Kier molecular flexibility index (Phi) is 6.57. The molecule has 8 heteroatoms. The van der Waals surface area contributed by atoms with Gasteiger partial charge in [0.15, 0.2) is 5.69 Å². The molecule has 0 saturated heterocycles. The molecule has 0 radical (unpaired) electrons. The van der Waals surface area contributed by atoms with Crippen molar-refractivity contribution < 1.29 is 9.53 Å². The highest BCUT2D eigenvalue weighted by molar-refractivity contribution is 6.07. The first-order valence-corrected chi connectivity index (χ1v) is 8.82. The fourth-order valence-electron chi connectivity index (χ4n) is 2.81. The number of aryl methyl sites for hydroxylation is 2. The van der Waals surface area contributed by atoms with Crippen LogP contribution in [0.1, 0.15) is 34.8 Å². The van der Waals surface area contributed by atoms with Crippen molar-refractivity contribution in [1.82, 2.24) is 9.55 Å². The summed E-state index contributed by atoms with van der Waals surface area (Å²) in [5, 5.41) is 0. The predicted molar refractivity (Wildman–Crippen MR) is 105 cm³/mol. The van der Waals surface area contributed by atoms with Crippen LogP contribution in [0.4, 0.5) is 11.5 Å². The number of rotatable bonds is 7. The molecular weight excluding hydrogens is 348 g/mol. The number of nitrogens with one attached hydrogen (secondary N) is 1. The van der Waals surface area contributed by atoms with Gasteiger partial charge < -0.3 is 10.5 Å². The maximum atomic E-state index is 13.1. The van der Waals surface area contributed by atoms with Crippen molar-refractivity contribution in [1.29, 1.82) is 0 Å². The number of benzene rings is 1. The lowest BCUT2D eigenvalue weighted by molar-refractivity contribution is 0.0975. The van der Waals surface area contributed by atoms with Crippen LogP contribution < -0.4 is 21.9 Å². The van der Waals surface area contributed by atoms with Crippen LogP contribution in [-0.4, -0.2) is 35.7 Å². The van der Waals surface area contributed by atoms with Gasteiger partial charge in [0.25, 0.3) is 11.5 Å². The monoisotopic (exact) mass is 374 g/mol. The van der Waals surface area contributed by atoms with E-state index in [-0.39, 0.29) is 30.6 Å². The number of carbonyl (C=O) groups excluding carboxylic acids is 1. The number of aromatic amines is 1. The second-order valence-electron chi connectivity index (χ2n) is 6.39. The number of carbonyl (C=O) groups is 1. The van der Waals surface area contributed by atoms with Crippen LogP contribution in [-0.2, 0) is 11.3 Å². The summed E-state index contributed by atoms with van der Waals surface area (Å²) in [6, 6.07) is 5.32. The van der Waals surface area contributed by atoms with Gasteiger partial charge in [0.05, 0.1) is 6.61 Å². The van der Waals surface area contributed by atoms with Gasteiger partial charge in [-0.05, 0) is 43.5 Å². The van der Waals surface area contributed by atoms with Gasteiger partial charge in [0, 0.05) is 25.8 Å². The molecule has 1 amide bonds. The third-order valence-electron chi connectivity index (χ3n) is 4.45. The SMILES string of the molecule is CCCn1c(N)c(N(CCOC)C(=O)c2ccc(C)c(C)c2)c(=O)[nH]c1=O. The first kappa shape index (κ1) is 20.4. The fraction of sp³-hybridized carbons (Fsp3) is 0.421. The summed E-state index contributed by atoms with van der Waals surface area (Å²) in [6.45, 7) is 6.43. The average molecular weight is 374 g/mol. The molecule has 0 bridgehead atoms. The summed E-state index contributed by atoms with van der Waals surface area (Å²) in [6.07, 6.45) is 0.652. The van der Waals surface area contributed by atoms with E-state index in [1.54, 1.807) is 12.1 Å². The van der Waals surface area contributed by atoms with E-state index in [0.717, 1.165) is 11.1 Å². The van der Waals surface area contributed by atoms with Gasteiger partial charge in [0.1, 0.15) is 5.82 Å². The minimum absolute atomic E-state index is 0.0288. The van der Waals surface area contributed by atoms with Crippen LogP contribution in [0.15, 0.2) is 27.8 Å². The number of hydrogen-bond donors (Lipinski definition) is 2. The van der Waals surface area contributed by atoms with E-state index < -0.39 is 11.2 Å². The van der Waals surface area contributed by atoms with Gasteiger partial charge in [-0.2, -0.15) is 0 Å². The van der Waals surface area contributed by atoms with Crippen molar-refractivity contribution in [2.24, 2.45) is 0 Å². The highest BCUT2D eigenvalue weighted by atomic mass is 16.5. The Morgan fingerprint density at radius 2 is 1.96 bits per heavy atom. The second kappa shape index (κ2) is 8.68. The van der Waals surface area contributed by atoms with E-state index in [1.165, 1.54) is 16.6 Å². The molecule has 0 aliphatic heterocycles. The fourth-order valence-corrected chi connectivity index (χ4v) is 2.81. The molecule has 8 nitrogen and oxygen atoms in total. The molecule has 3 N–H and O–H groups in total.